The van der Waals surface area contributed by atoms with Crippen LogP contribution in [-0.4, -0.2) is 64.7 Å². The number of hydrogen-bond donors (Lipinski definition) is 3. The molecule has 5 fully saturated rings. The van der Waals surface area contributed by atoms with Crippen LogP contribution in [-0.2, 0) is 19.0 Å². The van der Waals surface area contributed by atoms with Gasteiger partial charge in [-0.25, -0.2) is 4.79 Å². The second kappa shape index (κ2) is 9.04. The topological polar surface area (TPSA) is 105 Å². The van der Waals surface area contributed by atoms with E-state index in [1.165, 1.54) is 44.1 Å². The molecule has 1 saturated heterocycles. The third-order valence-electron chi connectivity index (χ3n) is 11.9. The molecule has 36 heavy (non-hydrogen) atoms. The smallest absolute Gasteiger partial charge is 0.331 e. The van der Waals surface area contributed by atoms with Crippen LogP contribution in [0.15, 0.2) is 11.6 Å². The Balaban J connectivity index is 1.13. The lowest BCUT2D eigenvalue weighted by atomic mass is 9.44. The summed E-state index contributed by atoms with van der Waals surface area (Å²) in [5.41, 5.74) is 1.82. The van der Waals surface area contributed by atoms with Gasteiger partial charge in [-0.3, -0.25) is 0 Å². The summed E-state index contributed by atoms with van der Waals surface area (Å²) in [6, 6.07) is 0. The van der Waals surface area contributed by atoms with Crippen molar-refractivity contribution in [3.63, 3.8) is 0 Å². The fourth-order valence-corrected chi connectivity index (χ4v) is 9.86. The summed E-state index contributed by atoms with van der Waals surface area (Å²) in [7, 11) is 0. The van der Waals surface area contributed by atoms with Crippen LogP contribution in [0.4, 0.5) is 0 Å². The van der Waals surface area contributed by atoms with E-state index in [0.717, 1.165) is 37.0 Å². The van der Waals surface area contributed by atoms with Crippen LogP contribution in [0.1, 0.15) is 78.6 Å². The fourth-order valence-electron chi connectivity index (χ4n) is 9.86. The number of carbonyl (C=O) groups excluding carboxylic acids is 1. The highest BCUT2D eigenvalue weighted by atomic mass is 16.7. The highest BCUT2D eigenvalue weighted by molar-refractivity contribution is 5.85. The Morgan fingerprint density at radius 2 is 1.67 bits per heavy atom. The van der Waals surface area contributed by atoms with Gasteiger partial charge in [0.1, 0.15) is 24.9 Å². The summed E-state index contributed by atoms with van der Waals surface area (Å²) in [4.78, 5) is 11.8. The number of aliphatic hydroxyl groups is 3. The maximum absolute atomic E-state index is 11.8. The number of cyclic esters (lactones) is 1. The predicted molar refractivity (Wildman–Crippen MR) is 131 cm³/mol. The van der Waals surface area contributed by atoms with Gasteiger partial charge in [0, 0.05) is 6.08 Å². The molecule has 0 radical (unpaired) electrons. The van der Waals surface area contributed by atoms with Crippen LogP contribution in [0.25, 0.3) is 0 Å². The number of esters is 1. The molecular formula is C29H44O7. The van der Waals surface area contributed by atoms with Gasteiger partial charge < -0.3 is 29.5 Å². The third kappa shape index (κ3) is 3.83. The molecule has 7 heteroatoms. The zero-order chi connectivity index (χ0) is 25.4. The number of hydrogen-bond acceptors (Lipinski definition) is 7. The van der Waals surface area contributed by atoms with Gasteiger partial charge in [-0.05, 0) is 111 Å². The second-order valence-electron chi connectivity index (χ2n) is 13.4. The molecule has 6 rings (SSSR count). The van der Waals surface area contributed by atoms with Crippen molar-refractivity contribution < 1.29 is 34.3 Å². The first-order valence-corrected chi connectivity index (χ1v) is 14.3. The van der Waals surface area contributed by atoms with E-state index in [9.17, 15) is 20.1 Å². The van der Waals surface area contributed by atoms with Crippen molar-refractivity contribution in [3.05, 3.63) is 11.6 Å². The van der Waals surface area contributed by atoms with Gasteiger partial charge in [-0.1, -0.05) is 13.8 Å². The first-order chi connectivity index (χ1) is 17.1. The van der Waals surface area contributed by atoms with Gasteiger partial charge in [-0.2, -0.15) is 0 Å². The highest BCUT2D eigenvalue weighted by Crippen LogP contribution is 2.68. The van der Waals surface area contributed by atoms with Crippen LogP contribution in [0.2, 0.25) is 0 Å². The minimum absolute atomic E-state index is 0.00507. The third-order valence-corrected chi connectivity index (χ3v) is 11.9. The number of aliphatic hydroxyl groups excluding tert-OH is 3. The summed E-state index contributed by atoms with van der Waals surface area (Å²) in [6.45, 7) is 7.22. The maximum atomic E-state index is 11.8. The largest absolute Gasteiger partial charge is 0.458 e. The molecule has 0 aromatic rings. The Morgan fingerprint density at radius 3 is 2.42 bits per heavy atom. The molecule has 2 aliphatic heterocycles. The summed E-state index contributed by atoms with van der Waals surface area (Å²) in [5.74, 6) is 3.14. The van der Waals surface area contributed by atoms with Crippen molar-refractivity contribution in [1.82, 2.24) is 0 Å². The van der Waals surface area contributed by atoms with Crippen LogP contribution >= 0.6 is 0 Å². The molecule has 3 N–H and O–H groups in total. The average molecular weight is 505 g/mol. The molecule has 6 aliphatic rings. The Kier molecular flexibility index (Phi) is 6.36. The maximum Gasteiger partial charge on any atom is 0.331 e. The van der Waals surface area contributed by atoms with Crippen molar-refractivity contribution in [1.29, 1.82) is 0 Å². The molecule has 0 amide bonds. The van der Waals surface area contributed by atoms with Gasteiger partial charge in [0.05, 0.1) is 12.2 Å². The van der Waals surface area contributed by atoms with Crippen LogP contribution in [0, 0.1) is 40.4 Å². The van der Waals surface area contributed by atoms with Crippen molar-refractivity contribution in [2.75, 3.05) is 6.61 Å². The number of fused-ring (bicyclic) bond motifs is 5. The minimum Gasteiger partial charge on any atom is -0.458 e. The Morgan fingerprint density at radius 1 is 0.917 bits per heavy atom. The van der Waals surface area contributed by atoms with Gasteiger partial charge in [-0.15, -0.1) is 0 Å². The second-order valence-corrected chi connectivity index (χ2v) is 13.4. The molecule has 202 valence electrons. The lowest BCUT2D eigenvalue weighted by molar-refractivity contribution is -0.309. The summed E-state index contributed by atoms with van der Waals surface area (Å²) in [6.07, 6.45) is 7.18. The predicted octanol–water partition coefficient (Wildman–Crippen LogP) is 3.34. The monoisotopic (exact) mass is 504 g/mol. The molecule has 2 heterocycles. The van der Waals surface area contributed by atoms with Gasteiger partial charge in [0.15, 0.2) is 6.29 Å². The summed E-state index contributed by atoms with van der Waals surface area (Å²) >= 11 is 0. The molecule has 4 saturated carbocycles. The lowest BCUT2D eigenvalue weighted by Crippen LogP contribution is -2.58. The molecule has 13 atom stereocenters. The van der Waals surface area contributed by atoms with Crippen LogP contribution in [0.5, 0.6) is 0 Å². The Labute approximate surface area is 214 Å². The van der Waals surface area contributed by atoms with Crippen molar-refractivity contribution >= 4 is 5.97 Å². The summed E-state index contributed by atoms with van der Waals surface area (Å²) < 4.78 is 17.3. The van der Waals surface area contributed by atoms with E-state index < -0.39 is 30.7 Å². The van der Waals surface area contributed by atoms with Gasteiger partial charge >= 0.3 is 5.97 Å². The van der Waals surface area contributed by atoms with E-state index in [2.05, 4.69) is 13.8 Å². The number of rotatable bonds is 3. The van der Waals surface area contributed by atoms with Crippen molar-refractivity contribution in [3.8, 4) is 0 Å². The molecule has 7 nitrogen and oxygen atoms in total. The number of carbonyl (C=O) groups is 1. The highest BCUT2D eigenvalue weighted by Gasteiger charge is 2.61. The zero-order valence-corrected chi connectivity index (χ0v) is 22.0. The summed E-state index contributed by atoms with van der Waals surface area (Å²) in [5, 5.41) is 30.6. The van der Waals surface area contributed by atoms with Crippen LogP contribution < -0.4 is 0 Å². The molecule has 0 aromatic heterocycles. The van der Waals surface area contributed by atoms with E-state index in [4.69, 9.17) is 14.2 Å². The fraction of sp³-hybridized carbons (Fsp3) is 0.897. The standard InChI is InChI=1S/C29H44O7/c1-15-24(31)25(32)26(33)27(35-15)36-18-8-10-28(2)17(13-18)4-5-19-21-7-6-20(16-12-23(30)34-14-16)29(21,3)11-9-22(19)28/h12,15,17-22,24-27,31-33H,4-11,13-14H2,1-3H3/t15-,17-,18+,19+,20-,21+,22+,24+,25+,26-,27?,28+,29-/m1/s1. The quantitative estimate of drug-likeness (QED) is 0.400. The minimum atomic E-state index is -1.25. The van der Waals surface area contributed by atoms with E-state index in [0.29, 0.717) is 23.9 Å². The van der Waals surface area contributed by atoms with Gasteiger partial charge in [0.25, 0.3) is 0 Å². The van der Waals surface area contributed by atoms with Crippen LogP contribution in [0.3, 0.4) is 0 Å². The van der Waals surface area contributed by atoms with Crippen molar-refractivity contribution in [2.45, 2.75) is 115 Å². The molecule has 1 unspecified atom stereocenters. The average Bonchev–Trinajstić information content (AvgIpc) is 3.43. The van der Waals surface area contributed by atoms with E-state index in [-0.39, 0.29) is 17.5 Å². The van der Waals surface area contributed by atoms with Gasteiger partial charge in [0.2, 0.25) is 0 Å². The lowest BCUT2D eigenvalue weighted by Gasteiger charge is -2.61. The van der Waals surface area contributed by atoms with Crippen molar-refractivity contribution in [2.24, 2.45) is 40.4 Å². The first kappa shape index (κ1) is 25.3. The Hall–Kier alpha value is -0.990. The molecular weight excluding hydrogens is 460 g/mol. The normalized spacial score (nSPS) is 54.8. The molecule has 0 bridgehead atoms. The Bertz CT molecular complexity index is 904. The number of ether oxygens (including phenoxy) is 3. The molecule has 0 spiro atoms. The van der Waals surface area contributed by atoms with E-state index in [1.807, 2.05) is 0 Å². The molecule has 0 aromatic carbocycles. The van der Waals surface area contributed by atoms with E-state index >= 15 is 0 Å². The zero-order valence-electron chi connectivity index (χ0n) is 22.0. The molecule has 4 aliphatic carbocycles. The first-order valence-electron chi connectivity index (χ1n) is 14.3. The SMILES string of the molecule is C[C@H]1OC(O[C@H]2CC[C@@]3(C)[C@H](CC[C@@H]4[C@@H]3CC[C@]3(C)[C@@H](C5=CC(=O)OC5)CC[C@@H]43)C2)[C@H](O)[C@@H](O)[C@H]1O. The van der Waals surface area contributed by atoms with E-state index in [1.54, 1.807) is 13.0 Å².